The summed E-state index contributed by atoms with van der Waals surface area (Å²) in [5, 5.41) is 0.609. The van der Waals surface area contributed by atoms with Gasteiger partial charge in [-0.2, -0.15) is 0 Å². The number of carbonyl (C=O) groups is 1. The van der Waals surface area contributed by atoms with Crippen LogP contribution in [0.15, 0.2) is 36.4 Å². The molecule has 0 heterocycles. The van der Waals surface area contributed by atoms with E-state index in [-0.39, 0.29) is 5.78 Å². The first-order valence-electron chi connectivity index (χ1n) is 5.13. The first kappa shape index (κ1) is 9.61. The van der Waals surface area contributed by atoms with Crippen molar-refractivity contribution in [3.05, 3.63) is 58.1 Å². The number of aryl methyl sites for hydroxylation is 1. The third kappa shape index (κ3) is 1.15. The predicted molar refractivity (Wildman–Crippen MR) is 65.1 cm³/mol. The Bertz CT molecular complexity index is 614. The van der Waals surface area contributed by atoms with E-state index in [0.717, 1.165) is 27.8 Å². The van der Waals surface area contributed by atoms with Gasteiger partial charge in [0.15, 0.2) is 5.78 Å². The normalized spacial score (nSPS) is 12.5. The summed E-state index contributed by atoms with van der Waals surface area (Å²) in [5.41, 5.74) is 4.70. The van der Waals surface area contributed by atoms with Crippen LogP contribution in [0.2, 0.25) is 5.02 Å². The minimum atomic E-state index is 0.0798. The zero-order valence-electron chi connectivity index (χ0n) is 8.75. The highest BCUT2D eigenvalue weighted by Gasteiger charge is 2.27. The maximum absolute atomic E-state index is 12.1. The van der Waals surface area contributed by atoms with Crippen molar-refractivity contribution in [2.75, 3.05) is 0 Å². The molecule has 0 unspecified atom stereocenters. The standard InChI is InChI=1S/C14H9ClO/c1-8-3-2-4-11-13(8)10-6-5-9(15)7-12(10)14(11)16/h2-7H,1H3. The van der Waals surface area contributed by atoms with Gasteiger partial charge in [0.25, 0.3) is 0 Å². The Morgan fingerprint density at radius 3 is 2.62 bits per heavy atom. The Morgan fingerprint density at radius 2 is 1.81 bits per heavy atom. The molecule has 0 atom stereocenters. The van der Waals surface area contributed by atoms with E-state index < -0.39 is 0 Å². The monoisotopic (exact) mass is 228 g/mol. The summed E-state index contributed by atoms with van der Waals surface area (Å²) in [6, 6.07) is 11.3. The molecule has 2 aromatic rings. The van der Waals surface area contributed by atoms with E-state index in [1.807, 2.05) is 37.3 Å². The summed E-state index contributed by atoms with van der Waals surface area (Å²) in [4.78, 5) is 12.1. The largest absolute Gasteiger partial charge is 0.289 e. The second-order valence-electron chi connectivity index (χ2n) is 4.02. The highest BCUT2D eigenvalue weighted by atomic mass is 35.5. The predicted octanol–water partition coefficient (Wildman–Crippen LogP) is 3.86. The molecule has 0 aliphatic heterocycles. The number of fused-ring (bicyclic) bond motifs is 3. The molecule has 0 saturated carbocycles. The Labute approximate surface area is 98.7 Å². The molecule has 0 aromatic heterocycles. The van der Waals surface area contributed by atoms with E-state index in [4.69, 9.17) is 11.6 Å². The van der Waals surface area contributed by atoms with Crippen LogP contribution in [0.25, 0.3) is 11.1 Å². The molecule has 1 nitrogen and oxygen atoms in total. The summed E-state index contributed by atoms with van der Waals surface area (Å²) in [5.74, 6) is 0.0798. The van der Waals surface area contributed by atoms with Crippen LogP contribution in [0, 0.1) is 6.92 Å². The smallest absolute Gasteiger partial charge is 0.194 e. The Morgan fingerprint density at radius 1 is 1.00 bits per heavy atom. The molecular formula is C14H9ClO. The van der Waals surface area contributed by atoms with Crippen molar-refractivity contribution >= 4 is 17.4 Å². The summed E-state index contributed by atoms with van der Waals surface area (Å²) >= 11 is 5.92. The molecule has 78 valence electrons. The van der Waals surface area contributed by atoms with Crippen LogP contribution in [0.4, 0.5) is 0 Å². The van der Waals surface area contributed by atoms with Crippen LogP contribution in [-0.4, -0.2) is 5.78 Å². The van der Waals surface area contributed by atoms with Crippen LogP contribution in [0.1, 0.15) is 21.5 Å². The van der Waals surface area contributed by atoms with Gasteiger partial charge in [-0.05, 0) is 35.7 Å². The molecule has 0 spiro atoms. The van der Waals surface area contributed by atoms with E-state index in [2.05, 4.69) is 0 Å². The highest BCUT2D eigenvalue weighted by molar-refractivity contribution is 6.32. The van der Waals surface area contributed by atoms with Crippen molar-refractivity contribution in [2.24, 2.45) is 0 Å². The van der Waals surface area contributed by atoms with Gasteiger partial charge in [0.05, 0.1) is 0 Å². The third-order valence-corrected chi connectivity index (χ3v) is 3.25. The van der Waals surface area contributed by atoms with Crippen LogP contribution in [0.3, 0.4) is 0 Å². The van der Waals surface area contributed by atoms with E-state index in [9.17, 15) is 4.79 Å². The van der Waals surface area contributed by atoms with Crippen molar-refractivity contribution in [1.82, 2.24) is 0 Å². The minimum absolute atomic E-state index is 0.0798. The molecule has 0 radical (unpaired) electrons. The number of rotatable bonds is 0. The fraction of sp³-hybridized carbons (Fsp3) is 0.0714. The van der Waals surface area contributed by atoms with Gasteiger partial charge in [0.1, 0.15) is 0 Å². The first-order valence-corrected chi connectivity index (χ1v) is 5.50. The van der Waals surface area contributed by atoms with Crippen LogP contribution in [-0.2, 0) is 0 Å². The molecular weight excluding hydrogens is 220 g/mol. The lowest BCUT2D eigenvalue weighted by Crippen LogP contribution is -1.94. The van der Waals surface area contributed by atoms with Crippen LogP contribution in [0.5, 0.6) is 0 Å². The maximum atomic E-state index is 12.1. The zero-order valence-corrected chi connectivity index (χ0v) is 9.51. The van der Waals surface area contributed by atoms with Gasteiger partial charge >= 0.3 is 0 Å². The van der Waals surface area contributed by atoms with Crippen molar-refractivity contribution in [1.29, 1.82) is 0 Å². The van der Waals surface area contributed by atoms with Crippen molar-refractivity contribution in [3.63, 3.8) is 0 Å². The molecule has 2 aromatic carbocycles. The number of hydrogen-bond acceptors (Lipinski definition) is 1. The molecule has 3 rings (SSSR count). The number of carbonyl (C=O) groups excluding carboxylic acids is 1. The maximum Gasteiger partial charge on any atom is 0.194 e. The van der Waals surface area contributed by atoms with Gasteiger partial charge in [-0.15, -0.1) is 0 Å². The number of hydrogen-bond donors (Lipinski definition) is 0. The van der Waals surface area contributed by atoms with Crippen molar-refractivity contribution in [3.8, 4) is 11.1 Å². The molecule has 1 aliphatic carbocycles. The minimum Gasteiger partial charge on any atom is -0.289 e. The van der Waals surface area contributed by atoms with Crippen molar-refractivity contribution < 1.29 is 4.79 Å². The SMILES string of the molecule is Cc1cccc2c1-c1ccc(Cl)cc1C2=O. The van der Waals surface area contributed by atoms with Gasteiger partial charge < -0.3 is 0 Å². The molecule has 0 amide bonds. The summed E-state index contributed by atoms with van der Waals surface area (Å²) in [6.07, 6.45) is 0. The topological polar surface area (TPSA) is 17.1 Å². The average Bonchev–Trinajstić information content (AvgIpc) is 2.55. The van der Waals surface area contributed by atoms with Gasteiger partial charge in [-0.25, -0.2) is 0 Å². The zero-order chi connectivity index (χ0) is 11.3. The second kappa shape index (κ2) is 3.19. The molecule has 0 N–H and O–H groups in total. The Hall–Kier alpha value is -1.60. The van der Waals surface area contributed by atoms with Crippen LogP contribution < -0.4 is 0 Å². The van der Waals surface area contributed by atoms with Gasteiger partial charge in [0.2, 0.25) is 0 Å². The number of ketones is 1. The average molecular weight is 229 g/mol. The quantitative estimate of drug-likeness (QED) is 0.571. The Balaban J connectivity index is 2.41. The number of halogens is 1. The fourth-order valence-electron chi connectivity index (χ4n) is 2.28. The van der Waals surface area contributed by atoms with Crippen molar-refractivity contribution in [2.45, 2.75) is 6.92 Å². The van der Waals surface area contributed by atoms with E-state index in [0.29, 0.717) is 5.02 Å². The highest BCUT2D eigenvalue weighted by Crippen LogP contribution is 2.39. The molecule has 1 aliphatic rings. The Kier molecular flexibility index (Phi) is 1.92. The van der Waals surface area contributed by atoms with Gasteiger partial charge in [-0.3, -0.25) is 4.79 Å². The molecule has 0 bridgehead atoms. The van der Waals surface area contributed by atoms with Gasteiger partial charge in [0, 0.05) is 16.1 Å². The first-order chi connectivity index (χ1) is 7.68. The molecule has 2 heteroatoms. The van der Waals surface area contributed by atoms with Gasteiger partial charge in [-0.1, -0.05) is 35.9 Å². The molecule has 0 fully saturated rings. The summed E-state index contributed by atoms with van der Waals surface area (Å²) in [6.45, 7) is 2.02. The summed E-state index contributed by atoms with van der Waals surface area (Å²) in [7, 11) is 0. The molecule has 0 saturated heterocycles. The fourth-order valence-corrected chi connectivity index (χ4v) is 2.45. The van der Waals surface area contributed by atoms with E-state index in [1.165, 1.54) is 0 Å². The lowest BCUT2D eigenvalue weighted by molar-refractivity contribution is 0.104. The summed E-state index contributed by atoms with van der Waals surface area (Å²) < 4.78 is 0. The van der Waals surface area contributed by atoms with E-state index in [1.54, 1.807) is 6.07 Å². The third-order valence-electron chi connectivity index (χ3n) is 3.01. The molecule has 16 heavy (non-hydrogen) atoms. The second-order valence-corrected chi connectivity index (χ2v) is 4.45. The van der Waals surface area contributed by atoms with Crippen LogP contribution >= 0.6 is 11.6 Å². The van der Waals surface area contributed by atoms with E-state index >= 15 is 0 Å². The lowest BCUT2D eigenvalue weighted by atomic mass is 10.0. The lowest BCUT2D eigenvalue weighted by Gasteiger charge is -2.03. The number of benzene rings is 2.